The smallest absolute Gasteiger partial charge is 0.145 e. The molecule has 0 spiro atoms. The van der Waals surface area contributed by atoms with Crippen LogP contribution >= 0.6 is 43.2 Å². The fraction of sp³-hybridized carbons (Fsp3) is 0.125. The first kappa shape index (κ1) is 10.2. The minimum absolute atomic E-state index is 0.733. The van der Waals surface area contributed by atoms with Gasteiger partial charge in [0, 0.05) is 9.35 Å². The summed E-state index contributed by atoms with van der Waals surface area (Å²) in [5.41, 5.74) is 0.733. The van der Waals surface area contributed by atoms with E-state index in [1.807, 2.05) is 12.1 Å². The Kier molecular flexibility index (Phi) is 3.68. The molecule has 0 amide bonds. The summed E-state index contributed by atoms with van der Waals surface area (Å²) in [5.74, 6) is 0. The van der Waals surface area contributed by atoms with Crippen molar-refractivity contribution in [3.63, 3.8) is 0 Å². The number of rotatable bonds is 2. The van der Waals surface area contributed by atoms with Crippen LogP contribution < -0.4 is 0 Å². The molecule has 0 unspecified atom stereocenters. The molecule has 0 aliphatic carbocycles. The molecule has 1 rings (SSSR count). The highest BCUT2D eigenvalue weighted by atomic mass is 79.9. The fourth-order valence-corrected chi connectivity index (χ4v) is 2.79. The lowest BCUT2D eigenvalue weighted by molar-refractivity contribution is -0.104. The number of allylic oxidation sites excluding steroid dienone is 1. The fourth-order valence-electron chi connectivity index (χ4n) is 0.693. The Labute approximate surface area is 91.7 Å². The van der Waals surface area contributed by atoms with Crippen molar-refractivity contribution in [3.05, 3.63) is 24.8 Å². The van der Waals surface area contributed by atoms with Gasteiger partial charge in [-0.1, -0.05) is 0 Å². The molecule has 64 valence electrons. The van der Waals surface area contributed by atoms with Crippen LogP contribution in [0.1, 0.15) is 11.8 Å². The van der Waals surface area contributed by atoms with Crippen molar-refractivity contribution in [1.29, 1.82) is 0 Å². The molecule has 0 radical (unpaired) electrons. The average molecular weight is 310 g/mol. The van der Waals surface area contributed by atoms with Crippen LogP contribution in [0.15, 0.2) is 19.9 Å². The number of carbonyl (C=O) groups excluding carboxylic acids is 1. The first-order valence-electron chi connectivity index (χ1n) is 3.22. The van der Waals surface area contributed by atoms with Gasteiger partial charge in [-0.25, -0.2) is 0 Å². The van der Waals surface area contributed by atoms with Gasteiger partial charge in [-0.05, 0) is 56.5 Å². The second-order valence-corrected chi connectivity index (χ2v) is 5.53. The zero-order valence-electron chi connectivity index (χ0n) is 6.30. The lowest BCUT2D eigenvalue weighted by atomic mass is 10.3. The summed E-state index contributed by atoms with van der Waals surface area (Å²) in [6, 6.07) is 1.97. The Hall–Kier alpha value is 0.0700. The number of carbonyl (C=O) groups is 1. The molecular weight excluding hydrogens is 304 g/mol. The first-order chi connectivity index (χ1) is 5.63. The van der Waals surface area contributed by atoms with Crippen LogP contribution in [0.3, 0.4) is 0 Å². The maximum atomic E-state index is 10.3. The van der Waals surface area contributed by atoms with Gasteiger partial charge < -0.3 is 0 Å². The molecule has 0 aliphatic rings. The Morgan fingerprint density at radius 2 is 2.25 bits per heavy atom. The quantitative estimate of drug-likeness (QED) is 0.598. The van der Waals surface area contributed by atoms with E-state index in [4.69, 9.17) is 0 Å². The summed E-state index contributed by atoms with van der Waals surface area (Å²) in [7, 11) is 0. The molecule has 12 heavy (non-hydrogen) atoms. The van der Waals surface area contributed by atoms with E-state index < -0.39 is 0 Å². The van der Waals surface area contributed by atoms with E-state index in [1.54, 1.807) is 18.3 Å². The van der Waals surface area contributed by atoms with Crippen molar-refractivity contribution in [2.45, 2.75) is 6.92 Å². The molecule has 0 saturated heterocycles. The van der Waals surface area contributed by atoms with Gasteiger partial charge in [0.15, 0.2) is 0 Å². The van der Waals surface area contributed by atoms with Crippen molar-refractivity contribution in [1.82, 2.24) is 0 Å². The molecule has 1 heterocycles. The Balaban J connectivity index is 2.97. The van der Waals surface area contributed by atoms with Gasteiger partial charge in [0.2, 0.25) is 0 Å². The number of hydrogen-bond donors (Lipinski definition) is 0. The number of thiophene rings is 1. The molecule has 0 bridgehead atoms. The monoisotopic (exact) mass is 308 g/mol. The van der Waals surface area contributed by atoms with E-state index in [0.29, 0.717) is 0 Å². The summed E-state index contributed by atoms with van der Waals surface area (Å²) in [6.07, 6.45) is 2.70. The summed E-state index contributed by atoms with van der Waals surface area (Å²) in [4.78, 5) is 11.4. The molecule has 0 N–H and O–H groups in total. The molecular formula is C8H6Br2OS. The van der Waals surface area contributed by atoms with Crippen LogP contribution in [-0.4, -0.2) is 6.29 Å². The zero-order valence-corrected chi connectivity index (χ0v) is 10.3. The second-order valence-electron chi connectivity index (χ2n) is 2.28. The van der Waals surface area contributed by atoms with Crippen molar-refractivity contribution in [3.8, 4) is 0 Å². The van der Waals surface area contributed by atoms with Gasteiger partial charge in [-0.15, -0.1) is 11.3 Å². The van der Waals surface area contributed by atoms with E-state index in [0.717, 1.165) is 25.0 Å². The highest BCUT2D eigenvalue weighted by Crippen LogP contribution is 2.33. The van der Waals surface area contributed by atoms with E-state index in [1.165, 1.54) is 0 Å². The van der Waals surface area contributed by atoms with Gasteiger partial charge in [0.1, 0.15) is 6.29 Å². The predicted octanol–water partition coefficient (Wildman–Crippen LogP) is 3.88. The largest absolute Gasteiger partial charge is 0.298 e. The van der Waals surface area contributed by atoms with Crippen molar-refractivity contribution >= 4 is 55.6 Å². The van der Waals surface area contributed by atoms with Crippen LogP contribution in [-0.2, 0) is 4.79 Å². The van der Waals surface area contributed by atoms with Crippen LogP contribution in [0.5, 0.6) is 0 Å². The van der Waals surface area contributed by atoms with Gasteiger partial charge in [0.05, 0.1) is 3.79 Å². The van der Waals surface area contributed by atoms with Gasteiger partial charge >= 0.3 is 0 Å². The number of hydrogen-bond acceptors (Lipinski definition) is 2. The predicted molar refractivity (Wildman–Crippen MR) is 59.4 cm³/mol. The topological polar surface area (TPSA) is 17.1 Å². The molecule has 0 saturated carbocycles. The van der Waals surface area contributed by atoms with Crippen LogP contribution in [0, 0.1) is 0 Å². The molecule has 0 fully saturated rings. The third-order valence-corrected chi connectivity index (χ3v) is 4.42. The van der Waals surface area contributed by atoms with Gasteiger partial charge in [0.25, 0.3) is 0 Å². The Morgan fingerprint density at radius 3 is 2.67 bits per heavy atom. The molecule has 1 aromatic heterocycles. The second kappa shape index (κ2) is 4.35. The number of halogens is 2. The zero-order chi connectivity index (χ0) is 9.14. The molecule has 4 heteroatoms. The van der Waals surface area contributed by atoms with E-state index in [-0.39, 0.29) is 0 Å². The van der Waals surface area contributed by atoms with Crippen LogP contribution in [0.25, 0.3) is 6.08 Å². The van der Waals surface area contributed by atoms with E-state index in [9.17, 15) is 4.79 Å². The van der Waals surface area contributed by atoms with Crippen molar-refractivity contribution in [2.75, 3.05) is 0 Å². The molecule has 0 aromatic carbocycles. The van der Waals surface area contributed by atoms with E-state index in [2.05, 4.69) is 31.9 Å². The summed E-state index contributed by atoms with van der Waals surface area (Å²) in [5, 5.41) is 0. The molecule has 1 nitrogen and oxygen atoms in total. The van der Waals surface area contributed by atoms with Crippen LogP contribution in [0.2, 0.25) is 0 Å². The minimum Gasteiger partial charge on any atom is -0.298 e. The maximum absolute atomic E-state index is 10.3. The SMILES string of the molecule is C/C(C=O)=C\c1cc(Br)c(Br)s1. The van der Waals surface area contributed by atoms with E-state index >= 15 is 0 Å². The van der Waals surface area contributed by atoms with Gasteiger partial charge in [-0.2, -0.15) is 0 Å². The molecule has 0 aliphatic heterocycles. The highest BCUT2D eigenvalue weighted by Gasteiger charge is 2.01. The molecule has 0 atom stereocenters. The minimum atomic E-state index is 0.733. The summed E-state index contributed by atoms with van der Waals surface area (Å²) in [6.45, 7) is 1.79. The first-order valence-corrected chi connectivity index (χ1v) is 5.62. The summed E-state index contributed by atoms with van der Waals surface area (Å²) >= 11 is 8.35. The lowest BCUT2D eigenvalue weighted by Crippen LogP contribution is -1.72. The van der Waals surface area contributed by atoms with Crippen molar-refractivity contribution in [2.24, 2.45) is 0 Å². The normalized spacial score (nSPS) is 11.8. The van der Waals surface area contributed by atoms with Gasteiger partial charge in [-0.3, -0.25) is 4.79 Å². The summed E-state index contributed by atoms with van der Waals surface area (Å²) < 4.78 is 2.07. The van der Waals surface area contributed by atoms with Crippen molar-refractivity contribution < 1.29 is 4.79 Å². The Morgan fingerprint density at radius 1 is 1.58 bits per heavy atom. The Bertz CT molecular complexity index is 308. The maximum Gasteiger partial charge on any atom is 0.145 e. The third-order valence-electron chi connectivity index (χ3n) is 1.22. The number of aldehydes is 1. The third kappa shape index (κ3) is 2.54. The van der Waals surface area contributed by atoms with Crippen LogP contribution in [0.4, 0.5) is 0 Å². The standard InChI is InChI=1S/C8H6Br2OS/c1-5(4-11)2-6-3-7(9)8(10)12-6/h2-4H,1H3/b5-2+. The molecule has 1 aromatic rings. The lowest BCUT2D eigenvalue weighted by Gasteiger charge is -1.84. The highest BCUT2D eigenvalue weighted by molar-refractivity contribution is 9.13. The average Bonchev–Trinajstić information content (AvgIpc) is 2.31.